The van der Waals surface area contributed by atoms with Gasteiger partial charge in [0.2, 0.25) is 5.89 Å². The van der Waals surface area contributed by atoms with Crippen LogP contribution < -0.4 is 10.6 Å². The Kier molecular flexibility index (Phi) is 5.28. The van der Waals surface area contributed by atoms with Crippen LogP contribution >= 0.6 is 11.6 Å². The average molecular weight is 370 g/mol. The molecule has 2 amide bonds. The highest BCUT2D eigenvalue weighted by molar-refractivity contribution is 6.30. The zero-order valence-corrected chi connectivity index (χ0v) is 15.6. The van der Waals surface area contributed by atoms with Gasteiger partial charge in [-0.15, -0.1) is 0 Å². The van der Waals surface area contributed by atoms with Crippen molar-refractivity contribution in [1.29, 1.82) is 0 Å². The van der Waals surface area contributed by atoms with E-state index >= 15 is 0 Å². The van der Waals surface area contributed by atoms with Crippen LogP contribution in [-0.4, -0.2) is 11.0 Å². The third-order valence-corrected chi connectivity index (χ3v) is 4.47. The van der Waals surface area contributed by atoms with E-state index in [1.54, 1.807) is 12.1 Å². The van der Waals surface area contributed by atoms with Gasteiger partial charge in [-0.1, -0.05) is 29.8 Å². The van der Waals surface area contributed by atoms with Gasteiger partial charge in [-0.05, 0) is 56.2 Å². The molecule has 0 bridgehead atoms. The van der Waals surface area contributed by atoms with Gasteiger partial charge in [0.1, 0.15) is 11.5 Å². The van der Waals surface area contributed by atoms with E-state index in [0.717, 1.165) is 22.4 Å². The molecule has 0 spiro atoms. The molecule has 0 saturated heterocycles. The Labute approximate surface area is 157 Å². The van der Waals surface area contributed by atoms with E-state index in [0.29, 0.717) is 22.4 Å². The van der Waals surface area contributed by atoms with E-state index in [2.05, 4.69) is 15.6 Å². The van der Waals surface area contributed by atoms with Crippen LogP contribution in [0.15, 0.2) is 46.9 Å². The first-order valence-corrected chi connectivity index (χ1v) is 8.65. The highest BCUT2D eigenvalue weighted by atomic mass is 35.5. The van der Waals surface area contributed by atoms with Crippen LogP contribution in [0.5, 0.6) is 0 Å². The van der Waals surface area contributed by atoms with Gasteiger partial charge in [0.05, 0.1) is 6.54 Å². The number of nitrogens with zero attached hydrogens (tertiary/aromatic N) is 1. The number of hydrogen-bond donors (Lipinski definition) is 2. The second kappa shape index (κ2) is 7.62. The summed E-state index contributed by atoms with van der Waals surface area (Å²) in [5.74, 6) is 1.14. The van der Waals surface area contributed by atoms with Crippen LogP contribution in [0.25, 0.3) is 11.5 Å². The molecule has 0 unspecified atom stereocenters. The molecule has 3 aromatic rings. The van der Waals surface area contributed by atoms with E-state index in [1.165, 1.54) is 0 Å². The third kappa shape index (κ3) is 4.06. The molecule has 0 fully saturated rings. The fraction of sp³-hybridized carbons (Fsp3) is 0.200. The van der Waals surface area contributed by atoms with Crippen molar-refractivity contribution in [3.8, 4) is 11.5 Å². The maximum atomic E-state index is 12.2. The molecule has 0 aliphatic carbocycles. The van der Waals surface area contributed by atoms with Crippen molar-refractivity contribution in [1.82, 2.24) is 10.3 Å². The first kappa shape index (κ1) is 18.0. The number of nitrogens with one attached hydrogen (secondary N) is 2. The first-order chi connectivity index (χ1) is 12.4. The normalized spacial score (nSPS) is 10.6. The number of carbonyl (C=O) groups excluding carboxylic acids is 1. The van der Waals surface area contributed by atoms with Gasteiger partial charge >= 0.3 is 6.03 Å². The minimum atomic E-state index is -0.287. The summed E-state index contributed by atoms with van der Waals surface area (Å²) in [4.78, 5) is 16.6. The van der Waals surface area contributed by atoms with Gasteiger partial charge in [-0.3, -0.25) is 0 Å². The Morgan fingerprint density at radius 1 is 1.15 bits per heavy atom. The Bertz CT molecular complexity index is 950. The number of amides is 2. The third-order valence-electron chi connectivity index (χ3n) is 4.23. The number of aryl methyl sites for hydroxylation is 2. The lowest BCUT2D eigenvalue weighted by atomic mass is 10.1. The van der Waals surface area contributed by atoms with Gasteiger partial charge in [-0.25, -0.2) is 9.78 Å². The molecule has 3 rings (SSSR count). The number of halogens is 1. The molecule has 26 heavy (non-hydrogen) atoms. The summed E-state index contributed by atoms with van der Waals surface area (Å²) in [7, 11) is 0. The van der Waals surface area contributed by atoms with Crippen molar-refractivity contribution in [3.05, 3.63) is 70.1 Å². The Hall–Kier alpha value is -2.79. The Morgan fingerprint density at radius 3 is 2.69 bits per heavy atom. The van der Waals surface area contributed by atoms with Crippen molar-refractivity contribution >= 4 is 23.3 Å². The smallest absolute Gasteiger partial charge is 0.319 e. The number of aromatic nitrogens is 1. The zero-order chi connectivity index (χ0) is 18.7. The number of benzene rings is 2. The fourth-order valence-electron chi connectivity index (χ4n) is 2.55. The van der Waals surface area contributed by atoms with Crippen LogP contribution in [0.4, 0.5) is 10.5 Å². The summed E-state index contributed by atoms with van der Waals surface area (Å²) >= 11 is 6.01. The lowest BCUT2D eigenvalue weighted by Gasteiger charge is -2.10. The zero-order valence-electron chi connectivity index (χ0n) is 14.9. The highest BCUT2D eigenvalue weighted by Crippen LogP contribution is 2.24. The molecule has 1 aromatic heterocycles. The number of urea groups is 1. The van der Waals surface area contributed by atoms with Gasteiger partial charge in [0.15, 0.2) is 0 Å². The lowest BCUT2D eigenvalue weighted by Crippen LogP contribution is -2.28. The van der Waals surface area contributed by atoms with Gasteiger partial charge in [0, 0.05) is 16.3 Å². The first-order valence-electron chi connectivity index (χ1n) is 8.27. The summed E-state index contributed by atoms with van der Waals surface area (Å²) in [6.07, 6.45) is 0. The predicted molar refractivity (Wildman–Crippen MR) is 103 cm³/mol. The van der Waals surface area contributed by atoms with Crippen molar-refractivity contribution in [3.63, 3.8) is 0 Å². The number of carbonyl (C=O) groups is 1. The monoisotopic (exact) mass is 369 g/mol. The Morgan fingerprint density at radius 2 is 1.92 bits per heavy atom. The van der Waals surface area contributed by atoms with Gasteiger partial charge in [-0.2, -0.15) is 0 Å². The van der Waals surface area contributed by atoms with E-state index in [1.807, 2.05) is 51.1 Å². The lowest BCUT2D eigenvalue weighted by molar-refractivity contribution is 0.251. The molecule has 5 nitrogen and oxygen atoms in total. The van der Waals surface area contributed by atoms with Gasteiger partial charge < -0.3 is 15.1 Å². The van der Waals surface area contributed by atoms with Crippen molar-refractivity contribution in [2.45, 2.75) is 27.3 Å². The second-order valence-electron chi connectivity index (χ2n) is 6.09. The van der Waals surface area contributed by atoms with Gasteiger partial charge in [0.25, 0.3) is 0 Å². The summed E-state index contributed by atoms with van der Waals surface area (Å²) in [6, 6.07) is 12.8. The SMILES string of the molecule is Cc1cccc(NC(=O)NCc2nc(-c3cccc(Cl)c3)oc2C)c1C. The molecular weight excluding hydrogens is 350 g/mol. The van der Waals surface area contributed by atoms with Crippen molar-refractivity contribution in [2.75, 3.05) is 5.32 Å². The highest BCUT2D eigenvalue weighted by Gasteiger charge is 2.13. The topological polar surface area (TPSA) is 67.2 Å². The minimum Gasteiger partial charge on any atom is -0.441 e. The molecule has 0 atom stereocenters. The van der Waals surface area contributed by atoms with Crippen LogP contribution in [0.2, 0.25) is 5.02 Å². The van der Waals surface area contributed by atoms with Crippen LogP contribution in [0.1, 0.15) is 22.6 Å². The average Bonchev–Trinajstić information content (AvgIpc) is 2.98. The standard InChI is InChI=1S/C20H20ClN3O2/c1-12-6-4-9-17(13(12)2)24-20(25)22-11-18-14(3)26-19(23-18)15-7-5-8-16(21)10-15/h4-10H,11H2,1-3H3,(H2,22,24,25). The summed E-state index contributed by atoms with van der Waals surface area (Å²) in [5.41, 5.74) is 4.44. The van der Waals surface area contributed by atoms with E-state index in [9.17, 15) is 4.79 Å². The molecule has 0 saturated carbocycles. The number of oxazole rings is 1. The second-order valence-corrected chi connectivity index (χ2v) is 6.52. The number of anilines is 1. The molecule has 0 aliphatic heterocycles. The van der Waals surface area contributed by atoms with E-state index in [4.69, 9.17) is 16.0 Å². The van der Waals surface area contributed by atoms with E-state index in [-0.39, 0.29) is 12.6 Å². The maximum Gasteiger partial charge on any atom is 0.319 e. The molecule has 6 heteroatoms. The van der Waals surface area contributed by atoms with Crippen LogP contribution in [0.3, 0.4) is 0 Å². The van der Waals surface area contributed by atoms with Crippen molar-refractivity contribution < 1.29 is 9.21 Å². The molecule has 2 N–H and O–H groups in total. The fourth-order valence-corrected chi connectivity index (χ4v) is 2.74. The molecule has 2 aromatic carbocycles. The largest absolute Gasteiger partial charge is 0.441 e. The molecule has 1 heterocycles. The Balaban J connectivity index is 1.66. The van der Waals surface area contributed by atoms with E-state index < -0.39 is 0 Å². The number of hydrogen-bond acceptors (Lipinski definition) is 3. The minimum absolute atomic E-state index is 0.270. The van der Waals surface area contributed by atoms with Crippen LogP contribution in [0, 0.1) is 20.8 Å². The molecule has 0 aliphatic rings. The summed E-state index contributed by atoms with van der Waals surface area (Å²) in [6.45, 7) is 6.08. The van der Waals surface area contributed by atoms with Crippen molar-refractivity contribution in [2.24, 2.45) is 0 Å². The molecule has 134 valence electrons. The maximum absolute atomic E-state index is 12.2. The van der Waals surface area contributed by atoms with Crippen LogP contribution in [-0.2, 0) is 6.54 Å². The summed E-state index contributed by atoms with van der Waals surface area (Å²) < 4.78 is 5.70. The number of rotatable bonds is 4. The summed E-state index contributed by atoms with van der Waals surface area (Å²) in [5, 5.41) is 6.29. The molecule has 0 radical (unpaired) electrons. The quantitative estimate of drug-likeness (QED) is 0.660. The predicted octanol–water partition coefficient (Wildman–Crippen LogP) is 5.24. The molecular formula is C20H20ClN3O2.